The minimum absolute atomic E-state index is 0.0776. The number of hydrogen-bond donors (Lipinski definition) is 1. The van der Waals surface area contributed by atoms with E-state index in [2.05, 4.69) is 31.4 Å². The van der Waals surface area contributed by atoms with Crippen LogP contribution in [-0.2, 0) is 16.1 Å². The van der Waals surface area contributed by atoms with E-state index in [4.69, 9.17) is 9.15 Å². The molecule has 3 rings (SSSR count). The quantitative estimate of drug-likeness (QED) is 0.601. The first-order chi connectivity index (χ1) is 12.2. The molecule has 2 atom stereocenters. The summed E-state index contributed by atoms with van der Waals surface area (Å²) in [6, 6.07) is 7.80. The Morgan fingerprint density at radius 1 is 1.28 bits per heavy atom. The fraction of sp³-hybridized carbons (Fsp3) is 0.500. The van der Waals surface area contributed by atoms with Crippen LogP contribution in [0.3, 0.4) is 0 Å². The number of ether oxygens (including phenoxy) is 1. The summed E-state index contributed by atoms with van der Waals surface area (Å²) in [7, 11) is 1.45. The molecule has 0 amide bonds. The van der Waals surface area contributed by atoms with Crippen LogP contribution in [0.1, 0.15) is 38.0 Å². The van der Waals surface area contributed by atoms with Gasteiger partial charge in [-0.3, -0.25) is 4.79 Å². The van der Waals surface area contributed by atoms with Crippen molar-refractivity contribution in [2.45, 2.75) is 44.7 Å². The molecular weight excluding hydrogens is 386 g/mol. The summed E-state index contributed by atoms with van der Waals surface area (Å²) in [6.45, 7) is 0.440. The van der Waals surface area contributed by atoms with E-state index in [-0.39, 0.29) is 17.9 Å². The highest BCUT2D eigenvalue weighted by molar-refractivity contribution is 9.10. The van der Waals surface area contributed by atoms with Crippen molar-refractivity contribution in [2.24, 2.45) is 5.92 Å². The van der Waals surface area contributed by atoms with Gasteiger partial charge in [0.25, 0.3) is 0 Å². The number of carbonyl (C=O) groups is 1. The van der Waals surface area contributed by atoms with Crippen molar-refractivity contribution in [3.05, 3.63) is 34.6 Å². The first-order valence-electron chi connectivity index (χ1n) is 8.57. The molecule has 0 spiro atoms. The molecule has 2 aromatic rings. The molecule has 1 saturated carbocycles. The van der Waals surface area contributed by atoms with Crippen molar-refractivity contribution in [3.8, 4) is 11.5 Å². The molecule has 1 N–H and O–H groups in total. The third kappa shape index (κ3) is 4.46. The van der Waals surface area contributed by atoms with Crippen molar-refractivity contribution >= 4 is 21.9 Å². The van der Waals surface area contributed by atoms with Crippen LogP contribution in [-0.4, -0.2) is 29.3 Å². The summed E-state index contributed by atoms with van der Waals surface area (Å²) in [5.74, 6) is 0.741. The zero-order valence-corrected chi connectivity index (χ0v) is 15.8. The van der Waals surface area contributed by atoms with E-state index in [9.17, 15) is 4.79 Å². The molecule has 25 heavy (non-hydrogen) atoms. The maximum absolute atomic E-state index is 12.0. The topological polar surface area (TPSA) is 77.2 Å². The number of esters is 1. The first kappa shape index (κ1) is 18.1. The van der Waals surface area contributed by atoms with Gasteiger partial charge in [0.1, 0.15) is 0 Å². The highest BCUT2D eigenvalue weighted by Crippen LogP contribution is 2.27. The Morgan fingerprint density at radius 2 is 2.08 bits per heavy atom. The standard InChI is InChI=1S/C18H22BrN3O3/c1-24-18(23)13-8-3-2-4-10-15(13)20-11-16-21-22-17(25-16)12-7-5-6-9-14(12)19/h5-7,9,13,15,20H,2-4,8,10-11H2,1H3/t13-,15-/m1/s1. The zero-order chi connectivity index (χ0) is 17.6. The van der Waals surface area contributed by atoms with Crippen LogP contribution >= 0.6 is 15.9 Å². The monoisotopic (exact) mass is 407 g/mol. The van der Waals surface area contributed by atoms with Gasteiger partial charge in [0.05, 0.1) is 25.1 Å². The van der Waals surface area contributed by atoms with Crippen molar-refractivity contribution in [2.75, 3.05) is 7.11 Å². The molecule has 134 valence electrons. The molecule has 6 nitrogen and oxygen atoms in total. The summed E-state index contributed by atoms with van der Waals surface area (Å²) in [4.78, 5) is 12.0. The molecule has 7 heteroatoms. The molecule has 1 aliphatic rings. The van der Waals surface area contributed by atoms with E-state index >= 15 is 0 Å². The number of carbonyl (C=O) groups excluding carboxylic acids is 1. The molecule has 1 aromatic heterocycles. The number of nitrogens with one attached hydrogen (secondary N) is 1. The number of halogens is 1. The Morgan fingerprint density at radius 3 is 2.88 bits per heavy atom. The average Bonchev–Trinajstić information content (AvgIpc) is 2.97. The van der Waals surface area contributed by atoms with Crippen molar-refractivity contribution in [1.82, 2.24) is 15.5 Å². The minimum atomic E-state index is -0.140. The molecule has 0 aliphatic heterocycles. The number of methoxy groups -OCH3 is 1. The summed E-state index contributed by atoms with van der Waals surface area (Å²) in [5.41, 5.74) is 0.864. The smallest absolute Gasteiger partial charge is 0.310 e. The third-order valence-electron chi connectivity index (χ3n) is 4.61. The number of hydrogen-bond acceptors (Lipinski definition) is 6. The van der Waals surface area contributed by atoms with E-state index in [0.717, 1.165) is 42.1 Å². The lowest BCUT2D eigenvalue weighted by Gasteiger charge is -2.23. The Hall–Kier alpha value is -1.73. The predicted molar refractivity (Wildman–Crippen MR) is 96.7 cm³/mol. The molecule has 1 fully saturated rings. The molecule has 0 saturated heterocycles. The number of rotatable bonds is 5. The lowest BCUT2D eigenvalue weighted by atomic mass is 9.95. The second-order valence-corrected chi connectivity index (χ2v) is 7.09. The van der Waals surface area contributed by atoms with Crippen LogP contribution < -0.4 is 5.32 Å². The van der Waals surface area contributed by atoms with Crippen LogP contribution in [0.15, 0.2) is 33.2 Å². The summed E-state index contributed by atoms with van der Waals surface area (Å²) >= 11 is 3.49. The number of benzene rings is 1. The molecule has 0 bridgehead atoms. The van der Waals surface area contributed by atoms with E-state index in [1.807, 2.05) is 24.3 Å². The van der Waals surface area contributed by atoms with Gasteiger partial charge in [0, 0.05) is 10.5 Å². The molecule has 0 unspecified atom stereocenters. The Labute approximate surface area is 155 Å². The van der Waals surface area contributed by atoms with Crippen LogP contribution in [0, 0.1) is 5.92 Å². The fourth-order valence-corrected chi connectivity index (χ4v) is 3.73. The third-order valence-corrected chi connectivity index (χ3v) is 5.30. The zero-order valence-electron chi connectivity index (χ0n) is 14.2. The predicted octanol–water partition coefficient (Wildman–Crippen LogP) is 3.71. The second-order valence-electron chi connectivity index (χ2n) is 6.24. The van der Waals surface area contributed by atoms with Gasteiger partial charge in [0.15, 0.2) is 0 Å². The Bertz CT molecular complexity index is 719. The van der Waals surface area contributed by atoms with E-state index < -0.39 is 0 Å². The summed E-state index contributed by atoms with van der Waals surface area (Å²) in [6.07, 6.45) is 5.13. The van der Waals surface area contributed by atoms with Crippen LogP contribution in [0.4, 0.5) is 0 Å². The maximum atomic E-state index is 12.0. The van der Waals surface area contributed by atoms with E-state index in [1.54, 1.807) is 0 Å². The highest BCUT2D eigenvalue weighted by atomic mass is 79.9. The maximum Gasteiger partial charge on any atom is 0.310 e. The molecule has 1 aromatic carbocycles. The van der Waals surface area contributed by atoms with Gasteiger partial charge < -0.3 is 14.5 Å². The Balaban J connectivity index is 1.66. The lowest BCUT2D eigenvalue weighted by molar-refractivity contribution is -0.146. The second kappa shape index (κ2) is 8.58. The van der Waals surface area contributed by atoms with E-state index in [0.29, 0.717) is 18.3 Å². The molecular formula is C18H22BrN3O3. The average molecular weight is 408 g/mol. The van der Waals surface area contributed by atoms with Gasteiger partial charge in [-0.15, -0.1) is 10.2 Å². The van der Waals surface area contributed by atoms with Crippen LogP contribution in [0.5, 0.6) is 0 Å². The van der Waals surface area contributed by atoms with Crippen molar-refractivity contribution in [1.29, 1.82) is 0 Å². The summed E-state index contributed by atoms with van der Waals surface area (Å²) in [5, 5.41) is 11.7. The van der Waals surface area contributed by atoms with Gasteiger partial charge in [-0.2, -0.15) is 0 Å². The lowest BCUT2D eigenvalue weighted by Crippen LogP contribution is -2.39. The normalized spacial score (nSPS) is 20.9. The van der Waals surface area contributed by atoms with E-state index in [1.165, 1.54) is 7.11 Å². The summed E-state index contributed by atoms with van der Waals surface area (Å²) < 4.78 is 11.6. The van der Waals surface area contributed by atoms with Gasteiger partial charge in [-0.05, 0) is 40.9 Å². The largest absolute Gasteiger partial charge is 0.469 e. The van der Waals surface area contributed by atoms with Gasteiger partial charge >= 0.3 is 5.97 Å². The molecule has 1 heterocycles. The van der Waals surface area contributed by atoms with Crippen molar-refractivity contribution in [3.63, 3.8) is 0 Å². The SMILES string of the molecule is COC(=O)[C@@H]1CCCCC[C@H]1NCc1nnc(-c2ccccc2Br)o1. The van der Waals surface area contributed by atoms with Crippen LogP contribution in [0.25, 0.3) is 11.5 Å². The fourth-order valence-electron chi connectivity index (χ4n) is 3.27. The van der Waals surface area contributed by atoms with Crippen molar-refractivity contribution < 1.29 is 13.9 Å². The van der Waals surface area contributed by atoms with Gasteiger partial charge in [0.2, 0.25) is 11.8 Å². The van der Waals surface area contributed by atoms with Gasteiger partial charge in [-0.1, -0.05) is 31.4 Å². The minimum Gasteiger partial charge on any atom is -0.469 e. The highest BCUT2D eigenvalue weighted by Gasteiger charge is 2.30. The van der Waals surface area contributed by atoms with Gasteiger partial charge in [-0.25, -0.2) is 0 Å². The molecule has 1 aliphatic carbocycles. The van der Waals surface area contributed by atoms with Crippen LogP contribution in [0.2, 0.25) is 0 Å². The molecule has 0 radical (unpaired) electrons. The Kier molecular flexibility index (Phi) is 6.20. The first-order valence-corrected chi connectivity index (χ1v) is 9.37. The number of nitrogens with zero attached hydrogens (tertiary/aromatic N) is 2. The number of aromatic nitrogens is 2.